The summed E-state index contributed by atoms with van der Waals surface area (Å²) in [4.78, 5) is 40.2. The number of nitrogens with zero attached hydrogens (tertiary/aromatic N) is 2. The highest BCUT2D eigenvalue weighted by Crippen LogP contribution is 2.44. The summed E-state index contributed by atoms with van der Waals surface area (Å²) in [5, 5.41) is 9.10. The molecule has 1 fully saturated rings. The molecule has 2 aliphatic rings. The minimum atomic E-state index is -0.896. The Hall–Kier alpha value is -3.55. The highest BCUT2D eigenvalue weighted by atomic mass is 16.6. The molecule has 1 N–H and O–H groups in total. The molecular formula is C29H36N2O6. The Morgan fingerprint density at radius 3 is 2.08 bits per heavy atom. The average molecular weight is 509 g/mol. The van der Waals surface area contributed by atoms with Crippen molar-refractivity contribution in [1.29, 1.82) is 0 Å². The topological polar surface area (TPSA) is 96.4 Å². The zero-order valence-corrected chi connectivity index (χ0v) is 21.8. The Balaban J connectivity index is 1.42. The molecule has 8 heteroatoms. The van der Waals surface area contributed by atoms with E-state index in [-0.39, 0.29) is 31.1 Å². The molecule has 2 amide bonds. The van der Waals surface area contributed by atoms with Crippen LogP contribution in [0, 0.1) is 0 Å². The highest BCUT2D eigenvalue weighted by Gasteiger charge is 2.34. The third-order valence-corrected chi connectivity index (χ3v) is 6.92. The van der Waals surface area contributed by atoms with Gasteiger partial charge in [0.2, 0.25) is 0 Å². The van der Waals surface area contributed by atoms with Crippen LogP contribution in [0.5, 0.6) is 0 Å². The summed E-state index contributed by atoms with van der Waals surface area (Å²) in [5.41, 5.74) is 4.02. The fourth-order valence-corrected chi connectivity index (χ4v) is 5.19. The van der Waals surface area contributed by atoms with Crippen molar-refractivity contribution >= 4 is 18.2 Å². The molecule has 4 rings (SSSR count). The van der Waals surface area contributed by atoms with E-state index in [1.807, 2.05) is 45.0 Å². The molecule has 0 spiro atoms. The predicted molar refractivity (Wildman–Crippen MR) is 139 cm³/mol. The molecule has 1 aliphatic heterocycles. The molecule has 1 aliphatic carbocycles. The Kier molecular flexibility index (Phi) is 8.05. The number of piperidine rings is 1. The highest BCUT2D eigenvalue weighted by molar-refractivity contribution is 5.79. The van der Waals surface area contributed by atoms with Gasteiger partial charge in [0.1, 0.15) is 12.2 Å². The van der Waals surface area contributed by atoms with E-state index in [0.717, 1.165) is 22.3 Å². The van der Waals surface area contributed by atoms with Crippen LogP contribution in [0.2, 0.25) is 0 Å². The van der Waals surface area contributed by atoms with E-state index >= 15 is 0 Å². The Morgan fingerprint density at radius 1 is 0.973 bits per heavy atom. The van der Waals surface area contributed by atoms with Gasteiger partial charge in [-0.25, -0.2) is 9.59 Å². The van der Waals surface area contributed by atoms with Crippen molar-refractivity contribution in [2.45, 2.75) is 64.0 Å². The van der Waals surface area contributed by atoms with Gasteiger partial charge in [-0.1, -0.05) is 48.5 Å². The lowest BCUT2D eigenvalue weighted by molar-refractivity contribution is -0.137. The lowest BCUT2D eigenvalue weighted by Gasteiger charge is -2.38. The zero-order chi connectivity index (χ0) is 26.6. The van der Waals surface area contributed by atoms with E-state index < -0.39 is 17.7 Å². The number of fused-ring (bicyclic) bond motifs is 3. The maximum atomic E-state index is 13.4. The summed E-state index contributed by atoms with van der Waals surface area (Å²) < 4.78 is 11.4. The van der Waals surface area contributed by atoms with Crippen LogP contribution in [0.15, 0.2) is 48.5 Å². The summed E-state index contributed by atoms with van der Waals surface area (Å²) in [7, 11) is 0. The molecular weight excluding hydrogens is 472 g/mol. The average Bonchev–Trinajstić information content (AvgIpc) is 3.18. The number of likely N-dealkylation sites (tertiary alicyclic amines) is 1. The van der Waals surface area contributed by atoms with E-state index in [4.69, 9.17) is 14.6 Å². The van der Waals surface area contributed by atoms with Crippen LogP contribution in [0.4, 0.5) is 9.59 Å². The van der Waals surface area contributed by atoms with Crippen molar-refractivity contribution in [2.24, 2.45) is 0 Å². The van der Waals surface area contributed by atoms with Crippen LogP contribution < -0.4 is 0 Å². The number of benzene rings is 2. The largest absolute Gasteiger partial charge is 0.481 e. The monoisotopic (exact) mass is 508 g/mol. The second-order valence-corrected chi connectivity index (χ2v) is 10.7. The van der Waals surface area contributed by atoms with Gasteiger partial charge < -0.3 is 24.4 Å². The van der Waals surface area contributed by atoms with Crippen LogP contribution >= 0.6 is 0 Å². The van der Waals surface area contributed by atoms with Crippen LogP contribution in [0.25, 0.3) is 11.1 Å². The quantitative estimate of drug-likeness (QED) is 0.530. The molecule has 8 nitrogen and oxygen atoms in total. The fourth-order valence-electron chi connectivity index (χ4n) is 5.19. The molecule has 2 aromatic carbocycles. The molecule has 2 aromatic rings. The van der Waals surface area contributed by atoms with Crippen LogP contribution in [0.1, 0.15) is 63.5 Å². The smallest absolute Gasteiger partial charge is 0.410 e. The molecule has 0 saturated carbocycles. The summed E-state index contributed by atoms with van der Waals surface area (Å²) in [6.07, 6.45) is 0.676. The standard InChI is InChI=1S/C29H36N2O6/c1-29(2,3)37-27(34)30-17-14-20(15-18-30)31(16-8-13-26(32)33)28(35)36-19-25-23-11-6-4-9-21(23)22-10-5-7-12-24(22)25/h4-7,9-12,20,25H,8,13-19H2,1-3H3,(H,32,33). The van der Waals surface area contributed by atoms with Gasteiger partial charge in [0.25, 0.3) is 0 Å². The van der Waals surface area contributed by atoms with E-state index in [1.165, 1.54) is 0 Å². The summed E-state index contributed by atoms with van der Waals surface area (Å²) >= 11 is 0. The number of carboxylic acids is 1. The predicted octanol–water partition coefficient (Wildman–Crippen LogP) is 5.50. The third kappa shape index (κ3) is 6.42. The lowest BCUT2D eigenvalue weighted by Crippen LogP contribution is -2.50. The normalized spacial score (nSPS) is 15.6. The van der Waals surface area contributed by atoms with Gasteiger partial charge in [-0.15, -0.1) is 0 Å². The molecule has 1 heterocycles. The lowest BCUT2D eigenvalue weighted by atomic mass is 9.98. The number of carboxylic acid groups (broad SMARTS) is 1. The van der Waals surface area contributed by atoms with E-state index in [1.54, 1.807) is 9.80 Å². The van der Waals surface area contributed by atoms with Crippen molar-refractivity contribution < 1.29 is 29.0 Å². The molecule has 0 bridgehead atoms. The van der Waals surface area contributed by atoms with E-state index in [9.17, 15) is 14.4 Å². The Bertz CT molecular complexity index is 1090. The maximum Gasteiger partial charge on any atom is 0.410 e. The number of aliphatic carboxylic acids is 1. The van der Waals surface area contributed by atoms with Crippen molar-refractivity contribution in [3.63, 3.8) is 0 Å². The Morgan fingerprint density at radius 2 is 1.54 bits per heavy atom. The van der Waals surface area contributed by atoms with Crippen LogP contribution in [-0.2, 0) is 14.3 Å². The van der Waals surface area contributed by atoms with Gasteiger partial charge in [0.15, 0.2) is 0 Å². The van der Waals surface area contributed by atoms with E-state index in [0.29, 0.717) is 38.9 Å². The molecule has 198 valence electrons. The van der Waals surface area contributed by atoms with Gasteiger partial charge in [0, 0.05) is 38.0 Å². The molecule has 37 heavy (non-hydrogen) atoms. The second kappa shape index (κ2) is 11.2. The van der Waals surface area contributed by atoms with Crippen molar-refractivity contribution in [1.82, 2.24) is 9.80 Å². The number of hydrogen-bond donors (Lipinski definition) is 1. The van der Waals surface area contributed by atoms with Gasteiger partial charge in [-0.3, -0.25) is 4.79 Å². The van der Waals surface area contributed by atoms with Crippen LogP contribution in [0.3, 0.4) is 0 Å². The summed E-state index contributed by atoms with van der Waals surface area (Å²) in [6.45, 7) is 6.92. The van der Waals surface area contributed by atoms with Gasteiger partial charge >= 0.3 is 18.2 Å². The fraction of sp³-hybridized carbons (Fsp3) is 0.483. The third-order valence-electron chi connectivity index (χ3n) is 6.92. The molecule has 1 saturated heterocycles. The number of hydrogen-bond acceptors (Lipinski definition) is 5. The van der Waals surface area contributed by atoms with Crippen molar-refractivity contribution in [2.75, 3.05) is 26.2 Å². The molecule has 0 atom stereocenters. The van der Waals surface area contributed by atoms with Crippen molar-refractivity contribution in [3.05, 3.63) is 59.7 Å². The Labute approximate surface area is 218 Å². The first-order valence-electron chi connectivity index (χ1n) is 13.0. The first kappa shape index (κ1) is 26.5. The van der Waals surface area contributed by atoms with Gasteiger partial charge in [-0.2, -0.15) is 0 Å². The van der Waals surface area contributed by atoms with E-state index in [2.05, 4.69) is 24.3 Å². The number of carbonyl (C=O) groups excluding carboxylic acids is 2. The van der Waals surface area contributed by atoms with Crippen LogP contribution in [-0.4, -0.2) is 70.9 Å². The first-order chi connectivity index (χ1) is 17.6. The SMILES string of the molecule is CC(C)(C)OC(=O)N1CCC(N(CCCC(=O)O)C(=O)OCC2c3ccccc3-c3ccccc32)CC1. The minimum Gasteiger partial charge on any atom is -0.481 e. The van der Waals surface area contributed by atoms with Gasteiger partial charge in [-0.05, 0) is 62.3 Å². The second-order valence-electron chi connectivity index (χ2n) is 10.7. The zero-order valence-electron chi connectivity index (χ0n) is 21.8. The number of amides is 2. The molecule has 0 unspecified atom stereocenters. The van der Waals surface area contributed by atoms with Crippen molar-refractivity contribution in [3.8, 4) is 11.1 Å². The number of rotatable bonds is 7. The first-order valence-corrected chi connectivity index (χ1v) is 13.0. The van der Waals surface area contributed by atoms with Gasteiger partial charge in [0.05, 0.1) is 0 Å². The molecule has 0 aromatic heterocycles. The number of carbonyl (C=O) groups is 3. The maximum absolute atomic E-state index is 13.4. The number of ether oxygens (including phenoxy) is 2. The summed E-state index contributed by atoms with van der Waals surface area (Å²) in [6, 6.07) is 16.2. The summed E-state index contributed by atoms with van der Waals surface area (Å²) in [5.74, 6) is -0.946. The minimum absolute atomic E-state index is 0.0239. The molecule has 0 radical (unpaired) electrons.